The van der Waals surface area contributed by atoms with Gasteiger partial charge in [-0.1, -0.05) is 11.6 Å². The third kappa shape index (κ3) is 5.92. The molecular weight excluding hydrogens is 554 g/mol. The number of benzene rings is 1. The van der Waals surface area contributed by atoms with Crippen LogP contribution >= 0.6 is 11.6 Å². The number of primary amides is 1. The SMILES string of the molecule is CS(=O)(=O)N1CCC(Nc2ncc3nc(Nc4c(F)cc(F)cc4Cl)n([C@H]4CC[C@@H](C(N)=O)CC4)c3n2)CC1. The van der Waals surface area contributed by atoms with Crippen LogP contribution in [-0.4, -0.2) is 63.5 Å². The zero-order valence-corrected chi connectivity index (χ0v) is 22.8. The van der Waals surface area contributed by atoms with Crippen molar-refractivity contribution in [2.75, 3.05) is 30.0 Å². The zero-order chi connectivity index (χ0) is 27.9. The summed E-state index contributed by atoms with van der Waals surface area (Å²) < 4.78 is 55.2. The number of carbonyl (C=O) groups is 1. The van der Waals surface area contributed by atoms with E-state index in [-0.39, 0.29) is 40.6 Å². The molecule has 15 heteroatoms. The van der Waals surface area contributed by atoms with Gasteiger partial charge >= 0.3 is 0 Å². The van der Waals surface area contributed by atoms with Crippen LogP contribution in [0.1, 0.15) is 44.6 Å². The number of fused-ring (bicyclic) bond motifs is 1. The Balaban J connectivity index is 1.46. The van der Waals surface area contributed by atoms with E-state index < -0.39 is 21.7 Å². The van der Waals surface area contributed by atoms with E-state index in [1.54, 1.807) is 6.20 Å². The summed E-state index contributed by atoms with van der Waals surface area (Å²) in [6, 6.07) is 1.59. The molecule has 0 unspecified atom stereocenters. The number of nitrogens with zero attached hydrogens (tertiary/aromatic N) is 5. The van der Waals surface area contributed by atoms with Gasteiger partial charge in [0.2, 0.25) is 27.8 Å². The molecule has 1 aliphatic carbocycles. The van der Waals surface area contributed by atoms with Crippen LogP contribution in [-0.2, 0) is 14.8 Å². The lowest BCUT2D eigenvalue weighted by molar-refractivity contribution is -0.122. The average Bonchev–Trinajstić information content (AvgIpc) is 3.23. The number of hydrogen-bond acceptors (Lipinski definition) is 8. The van der Waals surface area contributed by atoms with Crippen molar-refractivity contribution < 1.29 is 22.0 Å². The number of nitrogens with two attached hydrogens (primary N) is 1. The second-order valence-electron chi connectivity index (χ2n) is 10.1. The van der Waals surface area contributed by atoms with E-state index in [1.165, 1.54) is 10.6 Å². The normalized spacial score (nSPS) is 21.2. The molecule has 1 aliphatic heterocycles. The van der Waals surface area contributed by atoms with Crippen molar-refractivity contribution in [1.29, 1.82) is 0 Å². The molecule has 1 saturated carbocycles. The first-order valence-corrected chi connectivity index (χ1v) is 14.9. The summed E-state index contributed by atoms with van der Waals surface area (Å²) in [5.74, 6) is -1.62. The minimum absolute atomic E-state index is 0.0208. The molecule has 2 aromatic heterocycles. The maximum absolute atomic E-state index is 14.6. The number of aromatic nitrogens is 4. The highest BCUT2D eigenvalue weighted by Crippen LogP contribution is 2.38. The molecule has 5 rings (SSSR count). The summed E-state index contributed by atoms with van der Waals surface area (Å²) in [6.45, 7) is 0.801. The van der Waals surface area contributed by atoms with Gasteiger partial charge in [0.1, 0.15) is 11.3 Å². The Labute approximate surface area is 229 Å². The van der Waals surface area contributed by atoms with Gasteiger partial charge in [-0.3, -0.25) is 9.36 Å². The fourth-order valence-electron chi connectivity index (χ4n) is 5.30. The maximum Gasteiger partial charge on any atom is 0.224 e. The minimum atomic E-state index is -3.24. The molecule has 39 heavy (non-hydrogen) atoms. The smallest absolute Gasteiger partial charge is 0.224 e. The molecule has 11 nitrogen and oxygen atoms in total. The number of imidazole rings is 1. The number of halogens is 3. The molecule has 1 aromatic carbocycles. The Hall–Kier alpha value is -3.10. The first kappa shape index (κ1) is 27.5. The second kappa shape index (κ2) is 10.8. The third-order valence-corrected chi connectivity index (χ3v) is 9.00. The van der Waals surface area contributed by atoms with Crippen LogP contribution in [0, 0.1) is 17.6 Å². The molecule has 4 N–H and O–H groups in total. The number of carbonyl (C=O) groups excluding carboxylic acids is 1. The number of rotatable bonds is 7. The van der Waals surface area contributed by atoms with E-state index in [0.29, 0.717) is 68.7 Å². The van der Waals surface area contributed by atoms with Gasteiger partial charge in [-0.25, -0.2) is 31.5 Å². The quantitative estimate of drug-likeness (QED) is 0.383. The van der Waals surface area contributed by atoms with E-state index in [1.807, 2.05) is 4.57 Å². The topological polar surface area (TPSA) is 148 Å². The Morgan fingerprint density at radius 3 is 2.41 bits per heavy atom. The lowest BCUT2D eigenvalue weighted by Crippen LogP contribution is -2.42. The predicted octanol–water partition coefficient (Wildman–Crippen LogP) is 3.55. The van der Waals surface area contributed by atoms with E-state index >= 15 is 0 Å². The van der Waals surface area contributed by atoms with Crippen molar-refractivity contribution in [2.45, 2.75) is 50.6 Å². The number of sulfonamides is 1. The molecule has 3 aromatic rings. The molecule has 1 amide bonds. The van der Waals surface area contributed by atoms with Crippen LogP contribution in [0.5, 0.6) is 0 Å². The first-order valence-electron chi connectivity index (χ1n) is 12.7. The fourth-order valence-corrected chi connectivity index (χ4v) is 6.42. The van der Waals surface area contributed by atoms with Gasteiger partial charge < -0.3 is 16.4 Å². The van der Waals surface area contributed by atoms with E-state index in [2.05, 4.69) is 20.6 Å². The summed E-state index contributed by atoms with van der Waals surface area (Å²) in [5, 5.41) is 6.06. The van der Waals surface area contributed by atoms with Gasteiger partial charge in [0.05, 0.1) is 23.2 Å². The van der Waals surface area contributed by atoms with Crippen molar-refractivity contribution in [3.05, 3.63) is 35.0 Å². The highest BCUT2D eigenvalue weighted by atomic mass is 35.5. The molecular formula is C24H29ClF2N8O3S. The monoisotopic (exact) mass is 582 g/mol. The highest BCUT2D eigenvalue weighted by Gasteiger charge is 2.30. The Morgan fingerprint density at radius 1 is 1.10 bits per heavy atom. The zero-order valence-electron chi connectivity index (χ0n) is 21.2. The van der Waals surface area contributed by atoms with Crippen molar-refractivity contribution in [2.24, 2.45) is 11.7 Å². The molecule has 0 spiro atoms. The van der Waals surface area contributed by atoms with Crippen LogP contribution in [0.25, 0.3) is 11.2 Å². The summed E-state index contributed by atoms with van der Waals surface area (Å²) >= 11 is 6.14. The van der Waals surface area contributed by atoms with Crippen LogP contribution in [0.4, 0.5) is 26.4 Å². The van der Waals surface area contributed by atoms with Gasteiger partial charge in [-0.05, 0) is 44.6 Å². The molecule has 2 fully saturated rings. The van der Waals surface area contributed by atoms with Gasteiger partial charge in [0.15, 0.2) is 11.5 Å². The number of amides is 1. The van der Waals surface area contributed by atoms with Crippen LogP contribution in [0.15, 0.2) is 18.3 Å². The summed E-state index contributed by atoms with van der Waals surface area (Å²) in [4.78, 5) is 25.4. The molecule has 3 heterocycles. The summed E-state index contributed by atoms with van der Waals surface area (Å²) in [7, 11) is -3.24. The Kier molecular flexibility index (Phi) is 7.62. The highest BCUT2D eigenvalue weighted by molar-refractivity contribution is 7.88. The largest absolute Gasteiger partial charge is 0.369 e. The molecule has 0 bridgehead atoms. The average molecular weight is 583 g/mol. The van der Waals surface area contributed by atoms with Gasteiger partial charge in [-0.15, -0.1) is 0 Å². The standard InChI is InChI=1S/C24H29ClF2N8O3S/c1-39(37,38)34-8-6-15(7-9-34)30-23-29-12-19-22(33-23)35(16-4-2-13(3-5-16)21(28)36)24(31-19)32-20-17(25)10-14(26)11-18(20)27/h10-13,15-16H,2-9H2,1H3,(H2,28,36)(H,31,32)(H,29,30,33)/t13-,16+. The Bertz CT molecular complexity index is 1480. The Morgan fingerprint density at radius 2 is 1.79 bits per heavy atom. The first-order chi connectivity index (χ1) is 18.5. The van der Waals surface area contributed by atoms with Gasteiger partial charge in [-0.2, -0.15) is 4.98 Å². The maximum atomic E-state index is 14.6. The van der Waals surface area contributed by atoms with Gasteiger partial charge in [0.25, 0.3) is 0 Å². The molecule has 2 aliphatic rings. The van der Waals surface area contributed by atoms with Crippen LogP contribution in [0.3, 0.4) is 0 Å². The number of piperidine rings is 1. The lowest BCUT2D eigenvalue weighted by Gasteiger charge is -2.30. The molecule has 1 saturated heterocycles. The van der Waals surface area contributed by atoms with Gasteiger partial charge in [0, 0.05) is 37.2 Å². The van der Waals surface area contributed by atoms with Crippen LogP contribution < -0.4 is 16.4 Å². The van der Waals surface area contributed by atoms with E-state index in [0.717, 1.165) is 12.1 Å². The third-order valence-electron chi connectivity index (χ3n) is 7.40. The van der Waals surface area contributed by atoms with Crippen molar-refractivity contribution in [3.63, 3.8) is 0 Å². The van der Waals surface area contributed by atoms with Crippen molar-refractivity contribution in [1.82, 2.24) is 23.8 Å². The fraction of sp³-hybridized carbons (Fsp3) is 0.500. The lowest BCUT2D eigenvalue weighted by atomic mass is 9.85. The number of hydrogen-bond donors (Lipinski definition) is 3. The second-order valence-corrected chi connectivity index (χ2v) is 12.5. The van der Waals surface area contributed by atoms with Crippen molar-refractivity contribution >= 4 is 56.3 Å². The van der Waals surface area contributed by atoms with E-state index in [4.69, 9.17) is 22.3 Å². The minimum Gasteiger partial charge on any atom is -0.369 e. The molecule has 0 atom stereocenters. The van der Waals surface area contributed by atoms with Crippen LogP contribution in [0.2, 0.25) is 5.02 Å². The van der Waals surface area contributed by atoms with Crippen molar-refractivity contribution in [3.8, 4) is 0 Å². The summed E-state index contributed by atoms with van der Waals surface area (Å²) in [5.41, 5.74) is 6.34. The molecule has 0 radical (unpaired) electrons. The molecule has 210 valence electrons. The van der Waals surface area contributed by atoms with E-state index in [9.17, 15) is 22.0 Å². The number of nitrogens with one attached hydrogen (secondary N) is 2. The predicted molar refractivity (Wildman–Crippen MR) is 143 cm³/mol. The summed E-state index contributed by atoms with van der Waals surface area (Å²) in [6.07, 6.45) is 6.34. The number of anilines is 3.